The van der Waals surface area contributed by atoms with E-state index in [0.29, 0.717) is 5.56 Å². The van der Waals surface area contributed by atoms with Crippen molar-refractivity contribution >= 4 is 5.71 Å². The molecule has 1 heterocycles. The number of hydrogen-bond acceptors (Lipinski definition) is 3. The molecule has 1 aromatic carbocycles. The van der Waals surface area contributed by atoms with Gasteiger partial charge in [0, 0.05) is 12.6 Å². The zero-order chi connectivity index (χ0) is 12.5. The smallest absolute Gasteiger partial charge is 0.340 e. The average Bonchev–Trinajstić information content (AvgIpc) is 2.28. The number of hydrazone groups is 1. The van der Waals surface area contributed by atoms with Crippen molar-refractivity contribution in [3.05, 3.63) is 35.9 Å². The first-order valence-corrected chi connectivity index (χ1v) is 5.02. The highest BCUT2D eigenvalue weighted by molar-refractivity contribution is 6.04. The van der Waals surface area contributed by atoms with Crippen molar-refractivity contribution in [1.82, 2.24) is 5.01 Å². The van der Waals surface area contributed by atoms with Crippen LogP contribution in [0.5, 0.6) is 0 Å². The molecule has 17 heavy (non-hydrogen) atoms. The largest absolute Gasteiger partial charge is 0.420 e. The minimum atomic E-state index is -4.45. The maximum Gasteiger partial charge on any atom is 0.420 e. The lowest BCUT2D eigenvalue weighted by molar-refractivity contribution is -0.210. The van der Waals surface area contributed by atoms with Gasteiger partial charge >= 0.3 is 6.18 Å². The average molecular weight is 244 g/mol. The van der Waals surface area contributed by atoms with Crippen LogP contribution >= 0.6 is 0 Å². The van der Waals surface area contributed by atoms with Crippen molar-refractivity contribution < 1.29 is 17.9 Å². The minimum Gasteiger partial charge on any atom is -0.340 e. The molecule has 0 aromatic heterocycles. The van der Waals surface area contributed by atoms with E-state index < -0.39 is 12.3 Å². The summed E-state index contributed by atoms with van der Waals surface area (Å²) in [5.74, 6) is 0. The quantitative estimate of drug-likeness (QED) is 0.756. The first kappa shape index (κ1) is 11.9. The summed E-state index contributed by atoms with van der Waals surface area (Å²) in [6.45, 7) is -0.166. The summed E-state index contributed by atoms with van der Waals surface area (Å²) < 4.78 is 43.1. The number of ether oxygens (including phenoxy) is 1. The molecule has 0 saturated carbocycles. The van der Waals surface area contributed by atoms with E-state index >= 15 is 0 Å². The van der Waals surface area contributed by atoms with Crippen molar-refractivity contribution in [2.45, 2.75) is 12.3 Å². The lowest BCUT2D eigenvalue weighted by Gasteiger charge is -2.30. The van der Waals surface area contributed by atoms with Crippen LogP contribution in [-0.4, -0.2) is 36.8 Å². The van der Waals surface area contributed by atoms with Crippen LogP contribution in [-0.2, 0) is 4.74 Å². The fourth-order valence-electron chi connectivity index (χ4n) is 1.59. The van der Waals surface area contributed by atoms with Gasteiger partial charge in [-0.15, -0.1) is 0 Å². The Balaban J connectivity index is 2.39. The van der Waals surface area contributed by atoms with Gasteiger partial charge in [-0.25, -0.2) is 0 Å². The maximum absolute atomic E-state index is 12.8. The van der Waals surface area contributed by atoms with Crippen LogP contribution in [0.15, 0.2) is 35.4 Å². The van der Waals surface area contributed by atoms with Crippen molar-refractivity contribution in [1.29, 1.82) is 0 Å². The van der Waals surface area contributed by atoms with Gasteiger partial charge in [0.05, 0.1) is 0 Å². The third-order valence-corrected chi connectivity index (χ3v) is 2.32. The third kappa shape index (κ3) is 2.58. The zero-order valence-electron chi connectivity index (χ0n) is 9.11. The number of rotatable bonds is 1. The van der Waals surface area contributed by atoms with E-state index in [1.807, 2.05) is 0 Å². The van der Waals surface area contributed by atoms with Crippen molar-refractivity contribution in [2.24, 2.45) is 5.10 Å². The Morgan fingerprint density at radius 3 is 2.53 bits per heavy atom. The monoisotopic (exact) mass is 244 g/mol. The molecule has 6 heteroatoms. The summed E-state index contributed by atoms with van der Waals surface area (Å²) in [6, 6.07) is 8.24. The minimum absolute atomic E-state index is 0.105. The van der Waals surface area contributed by atoms with Crippen LogP contribution in [0.25, 0.3) is 0 Å². The molecule has 0 fully saturated rings. The Bertz CT molecular complexity index is 416. The molecule has 1 aromatic rings. The van der Waals surface area contributed by atoms with Gasteiger partial charge in [-0.05, 0) is 0 Å². The number of hydrogen-bond donors (Lipinski definition) is 0. The van der Waals surface area contributed by atoms with E-state index in [-0.39, 0.29) is 12.4 Å². The van der Waals surface area contributed by atoms with Gasteiger partial charge in [-0.2, -0.15) is 18.3 Å². The molecule has 2 rings (SSSR count). The van der Waals surface area contributed by atoms with Gasteiger partial charge in [-0.3, -0.25) is 5.01 Å². The van der Waals surface area contributed by atoms with Crippen molar-refractivity contribution in [3.8, 4) is 0 Å². The number of nitrogens with zero attached hydrogens (tertiary/aromatic N) is 2. The second-order valence-corrected chi connectivity index (χ2v) is 3.73. The van der Waals surface area contributed by atoms with Gasteiger partial charge in [-0.1, -0.05) is 30.3 Å². The molecule has 0 saturated heterocycles. The van der Waals surface area contributed by atoms with Crippen LogP contribution in [0.1, 0.15) is 5.56 Å². The van der Waals surface area contributed by atoms with Crippen LogP contribution in [0.3, 0.4) is 0 Å². The Morgan fingerprint density at radius 2 is 1.94 bits per heavy atom. The molecule has 3 nitrogen and oxygen atoms in total. The van der Waals surface area contributed by atoms with Gasteiger partial charge < -0.3 is 4.74 Å². The van der Waals surface area contributed by atoms with Crippen LogP contribution < -0.4 is 0 Å². The van der Waals surface area contributed by atoms with Crippen molar-refractivity contribution in [3.63, 3.8) is 0 Å². The Morgan fingerprint density at radius 1 is 1.29 bits per heavy atom. The number of alkyl halides is 3. The summed E-state index contributed by atoms with van der Waals surface area (Å²) in [6.07, 6.45) is -6.41. The fraction of sp³-hybridized carbons (Fsp3) is 0.364. The molecule has 0 bridgehead atoms. The molecule has 0 radical (unpaired) electrons. The Kier molecular flexibility index (Phi) is 3.06. The van der Waals surface area contributed by atoms with E-state index in [2.05, 4.69) is 5.10 Å². The lowest BCUT2D eigenvalue weighted by atomic mass is 10.0. The molecular formula is C11H11F3N2O. The van der Waals surface area contributed by atoms with Gasteiger partial charge in [0.1, 0.15) is 12.4 Å². The highest BCUT2D eigenvalue weighted by Gasteiger charge is 2.46. The predicted molar refractivity (Wildman–Crippen MR) is 56.5 cm³/mol. The van der Waals surface area contributed by atoms with Crippen molar-refractivity contribution in [2.75, 3.05) is 13.8 Å². The van der Waals surface area contributed by atoms with E-state index in [4.69, 9.17) is 4.74 Å². The van der Waals surface area contributed by atoms with Crippen LogP contribution in [0, 0.1) is 0 Å². The molecule has 1 atom stereocenters. The van der Waals surface area contributed by atoms with E-state index in [0.717, 1.165) is 0 Å². The Hall–Kier alpha value is -1.56. The summed E-state index contributed by atoms with van der Waals surface area (Å²) in [4.78, 5) is 0. The zero-order valence-corrected chi connectivity index (χ0v) is 9.11. The van der Waals surface area contributed by atoms with E-state index in [1.54, 1.807) is 37.4 Å². The standard InChI is InChI=1S/C11H11F3N2O/c1-16-7-17-10(11(12,13)14)9(15-16)8-5-3-2-4-6-8/h2-6,10H,7H2,1H3. The summed E-state index contributed by atoms with van der Waals surface area (Å²) >= 11 is 0. The molecule has 0 aliphatic carbocycles. The van der Waals surface area contributed by atoms with Crippen LogP contribution in [0.2, 0.25) is 0 Å². The number of halogens is 3. The summed E-state index contributed by atoms with van der Waals surface area (Å²) in [5, 5.41) is 5.24. The van der Waals surface area contributed by atoms with Crippen LogP contribution in [0.4, 0.5) is 13.2 Å². The van der Waals surface area contributed by atoms with E-state index in [1.165, 1.54) is 5.01 Å². The molecule has 0 N–H and O–H groups in total. The SMILES string of the molecule is CN1COC(C(F)(F)F)C(c2ccccc2)=N1. The van der Waals surface area contributed by atoms with Gasteiger partial charge in [0.2, 0.25) is 0 Å². The third-order valence-electron chi connectivity index (χ3n) is 2.32. The molecule has 0 amide bonds. The predicted octanol–water partition coefficient (Wildman–Crippen LogP) is 2.24. The lowest BCUT2D eigenvalue weighted by Crippen LogP contribution is -2.45. The Labute approximate surface area is 96.5 Å². The summed E-state index contributed by atoms with van der Waals surface area (Å²) in [7, 11) is 1.57. The molecular weight excluding hydrogens is 233 g/mol. The van der Waals surface area contributed by atoms with Gasteiger partial charge in [0.15, 0.2) is 6.10 Å². The van der Waals surface area contributed by atoms with Gasteiger partial charge in [0.25, 0.3) is 0 Å². The number of benzene rings is 1. The molecule has 1 unspecified atom stereocenters. The highest BCUT2D eigenvalue weighted by Crippen LogP contribution is 2.28. The second kappa shape index (κ2) is 4.37. The first-order valence-electron chi connectivity index (χ1n) is 5.02. The normalized spacial score (nSPS) is 21.3. The topological polar surface area (TPSA) is 24.8 Å². The molecule has 1 aliphatic rings. The maximum atomic E-state index is 12.8. The highest BCUT2D eigenvalue weighted by atomic mass is 19.4. The molecule has 0 spiro atoms. The second-order valence-electron chi connectivity index (χ2n) is 3.73. The molecule has 1 aliphatic heterocycles. The molecule has 92 valence electrons. The van der Waals surface area contributed by atoms with E-state index in [9.17, 15) is 13.2 Å². The summed E-state index contributed by atoms with van der Waals surface area (Å²) in [5.41, 5.74) is 0.313. The fourth-order valence-corrected chi connectivity index (χ4v) is 1.59. The first-order chi connectivity index (χ1) is 7.98.